The predicted molar refractivity (Wildman–Crippen MR) is 94.5 cm³/mol. The van der Waals surface area contributed by atoms with Crippen LogP contribution in [0.1, 0.15) is 25.1 Å². The largest absolute Gasteiger partial charge is 0.302 e. The van der Waals surface area contributed by atoms with Crippen molar-refractivity contribution >= 4 is 22.9 Å². The van der Waals surface area contributed by atoms with E-state index in [0.29, 0.717) is 12.4 Å². The van der Waals surface area contributed by atoms with Gasteiger partial charge in [-0.2, -0.15) is 0 Å². The number of rotatable bonds is 5. The van der Waals surface area contributed by atoms with Crippen LogP contribution in [-0.4, -0.2) is 15.0 Å². The summed E-state index contributed by atoms with van der Waals surface area (Å²) in [7, 11) is 0. The lowest BCUT2D eigenvalue weighted by Gasteiger charge is -2.26. The topological polar surface area (TPSA) is 50.7 Å². The van der Waals surface area contributed by atoms with Crippen LogP contribution < -0.4 is 5.32 Å². The van der Waals surface area contributed by atoms with E-state index >= 15 is 0 Å². The van der Waals surface area contributed by atoms with E-state index < -0.39 is 0 Å². The van der Waals surface area contributed by atoms with Crippen LogP contribution in [-0.2, 0) is 12.1 Å². The van der Waals surface area contributed by atoms with Crippen LogP contribution in [0.2, 0.25) is 5.02 Å². The zero-order valence-corrected chi connectivity index (χ0v) is 14.5. The Kier molecular flexibility index (Phi) is 4.71. The lowest BCUT2D eigenvalue weighted by Crippen LogP contribution is -2.36. The summed E-state index contributed by atoms with van der Waals surface area (Å²) in [5.74, 6) is 0.667. The van der Waals surface area contributed by atoms with Crippen LogP contribution in [0.15, 0.2) is 48.1 Å². The van der Waals surface area contributed by atoms with Gasteiger partial charge in [-0.15, -0.1) is 11.3 Å². The molecule has 0 spiro atoms. The molecule has 118 valence electrons. The van der Waals surface area contributed by atoms with Gasteiger partial charge >= 0.3 is 0 Å². The number of aromatic nitrogens is 3. The number of thiazole rings is 1. The van der Waals surface area contributed by atoms with Gasteiger partial charge in [0.1, 0.15) is 0 Å². The van der Waals surface area contributed by atoms with E-state index in [0.717, 1.165) is 15.7 Å². The Morgan fingerprint density at radius 3 is 2.52 bits per heavy atom. The number of nitrogens with zero attached hydrogens (tertiary/aromatic N) is 3. The van der Waals surface area contributed by atoms with Gasteiger partial charge in [-0.25, -0.2) is 15.0 Å². The molecule has 3 rings (SSSR count). The fourth-order valence-corrected chi connectivity index (χ4v) is 3.07. The van der Waals surface area contributed by atoms with Gasteiger partial charge < -0.3 is 5.32 Å². The molecule has 0 aliphatic carbocycles. The van der Waals surface area contributed by atoms with Crippen LogP contribution >= 0.6 is 22.9 Å². The first-order valence-corrected chi connectivity index (χ1v) is 8.53. The first-order chi connectivity index (χ1) is 11.0. The third-order valence-corrected chi connectivity index (χ3v) is 4.73. The van der Waals surface area contributed by atoms with Crippen LogP contribution in [0.25, 0.3) is 10.8 Å². The molecule has 2 aromatic heterocycles. The first kappa shape index (κ1) is 16.1. The van der Waals surface area contributed by atoms with Gasteiger partial charge in [0.2, 0.25) is 0 Å². The van der Waals surface area contributed by atoms with Gasteiger partial charge in [-0.05, 0) is 37.6 Å². The van der Waals surface area contributed by atoms with Crippen LogP contribution in [0.3, 0.4) is 0 Å². The van der Waals surface area contributed by atoms with E-state index in [-0.39, 0.29) is 5.54 Å². The molecule has 1 aromatic carbocycles. The molecule has 3 aromatic rings. The van der Waals surface area contributed by atoms with Gasteiger partial charge in [-0.1, -0.05) is 23.7 Å². The van der Waals surface area contributed by atoms with Gasteiger partial charge in [-0.3, -0.25) is 0 Å². The number of hydrogen-bond acceptors (Lipinski definition) is 5. The summed E-state index contributed by atoms with van der Waals surface area (Å²) < 4.78 is 0. The highest BCUT2D eigenvalue weighted by atomic mass is 35.5. The molecule has 0 unspecified atom stereocenters. The molecule has 0 bridgehead atoms. The maximum atomic E-state index is 5.95. The molecule has 0 saturated carbocycles. The summed E-state index contributed by atoms with van der Waals surface area (Å²) in [4.78, 5) is 13.1. The van der Waals surface area contributed by atoms with Crippen molar-refractivity contribution in [2.45, 2.75) is 25.9 Å². The van der Waals surface area contributed by atoms with Crippen LogP contribution in [0.5, 0.6) is 0 Å². The van der Waals surface area contributed by atoms with Crippen molar-refractivity contribution in [1.82, 2.24) is 20.3 Å². The lowest BCUT2D eigenvalue weighted by atomic mass is 9.94. The molecule has 0 aliphatic rings. The Labute approximate surface area is 144 Å². The molecule has 0 amide bonds. The van der Waals surface area contributed by atoms with Crippen molar-refractivity contribution in [2.75, 3.05) is 0 Å². The van der Waals surface area contributed by atoms with Gasteiger partial charge in [0.15, 0.2) is 10.8 Å². The summed E-state index contributed by atoms with van der Waals surface area (Å²) in [6, 6.07) is 9.70. The van der Waals surface area contributed by atoms with Crippen molar-refractivity contribution in [1.29, 1.82) is 0 Å². The zero-order valence-electron chi connectivity index (χ0n) is 13.0. The second-order valence-corrected chi connectivity index (χ2v) is 7.00. The quantitative estimate of drug-likeness (QED) is 0.750. The summed E-state index contributed by atoms with van der Waals surface area (Å²) in [6.07, 6.45) is 3.45. The molecule has 1 N–H and O–H groups in total. The highest BCUT2D eigenvalue weighted by molar-refractivity contribution is 7.13. The molecule has 6 heteroatoms. The van der Waals surface area contributed by atoms with E-state index in [1.165, 1.54) is 5.56 Å². The predicted octanol–water partition coefficient (Wildman–Crippen LogP) is 4.28. The molecular weight excluding hydrogens is 328 g/mol. The minimum atomic E-state index is -0.169. The Morgan fingerprint density at radius 1 is 1.13 bits per heavy atom. The normalized spacial score (nSPS) is 11.6. The number of hydrogen-bond donors (Lipinski definition) is 1. The second kappa shape index (κ2) is 6.74. The number of benzene rings is 1. The molecule has 2 heterocycles. The average molecular weight is 345 g/mol. The average Bonchev–Trinajstić information content (AvgIpc) is 3.03. The molecule has 0 aliphatic heterocycles. The van der Waals surface area contributed by atoms with E-state index in [2.05, 4.69) is 34.1 Å². The maximum absolute atomic E-state index is 5.95. The third kappa shape index (κ3) is 3.93. The molecule has 0 radical (unpaired) electrons. The van der Waals surface area contributed by atoms with E-state index in [9.17, 15) is 0 Å². The Hall–Kier alpha value is -1.82. The fourth-order valence-electron chi connectivity index (χ4n) is 2.18. The minimum Gasteiger partial charge on any atom is -0.302 e. The van der Waals surface area contributed by atoms with Crippen LogP contribution in [0.4, 0.5) is 0 Å². The standard InChI is InChI=1S/C17H17ClN4S/c1-17(2,12-4-6-13(18)7-5-12)21-10-14-11-23-16(22-14)15-19-8-3-9-20-15/h3-9,11,21H,10H2,1-2H3. The van der Waals surface area contributed by atoms with Gasteiger partial charge in [0, 0.05) is 34.9 Å². The van der Waals surface area contributed by atoms with Gasteiger partial charge in [0.25, 0.3) is 0 Å². The molecule has 0 fully saturated rings. The maximum Gasteiger partial charge on any atom is 0.188 e. The van der Waals surface area contributed by atoms with Crippen molar-refractivity contribution in [3.8, 4) is 10.8 Å². The van der Waals surface area contributed by atoms with E-state index in [1.807, 2.05) is 29.6 Å². The van der Waals surface area contributed by atoms with Gasteiger partial charge in [0.05, 0.1) is 5.69 Å². The summed E-state index contributed by atoms with van der Waals surface area (Å²) in [5, 5.41) is 7.16. The fraction of sp³-hybridized carbons (Fsp3) is 0.235. The highest BCUT2D eigenvalue weighted by Crippen LogP contribution is 2.24. The number of nitrogens with one attached hydrogen (secondary N) is 1. The molecule has 23 heavy (non-hydrogen) atoms. The molecule has 0 saturated heterocycles. The van der Waals surface area contributed by atoms with Crippen molar-refractivity contribution in [3.63, 3.8) is 0 Å². The minimum absolute atomic E-state index is 0.169. The lowest BCUT2D eigenvalue weighted by molar-refractivity contribution is 0.399. The van der Waals surface area contributed by atoms with E-state index in [1.54, 1.807) is 29.8 Å². The summed E-state index contributed by atoms with van der Waals surface area (Å²) in [6.45, 7) is 4.96. The third-order valence-electron chi connectivity index (χ3n) is 3.59. The van der Waals surface area contributed by atoms with Crippen molar-refractivity contribution in [2.24, 2.45) is 0 Å². The summed E-state index contributed by atoms with van der Waals surface area (Å²) in [5.41, 5.74) is 2.00. The monoisotopic (exact) mass is 344 g/mol. The molecule has 4 nitrogen and oxygen atoms in total. The van der Waals surface area contributed by atoms with Crippen molar-refractivity contribution in [3.05, 3.63) is 64.4 Å². The van der Waals surface area contributed by atoms with Crippen LogP contribution in [0, 0.1) is 0 Å². The Bertz CT molecular complexity index is 769. The molecular formula is C17H17ClN4S. The Morgan fingerprint density at radius 2 is 1.83 bits per heavy atom. The summed E-state index contributed by atoms with van der Waals surface area (Å²) >= 11 is 7.51. The van der Waals surface area contributed by atoms with E-state index in [4.69, 9.17) is 11.6 Å². The molecule has 0 atom stereocenters. The highest BCUT2D eigenvalue weighted by Gasteiger charge is 2.20. The SMILES string of the molecule is CC(C)(NCc1csc(-c2ncccn2)n1)c1ccc(Cl)cc1. The second-order valence-electron chi connectivity index (χ2n) is 5.70. The van der Waals surface area contributed by atoms with Crippen molar-refractivity contribution < 1.29 is 0 Å². The zero-order chi connectivity index (χ0) is 16.3. The number of halogens is 1. The smallest absolute Gasteiger partial charge is 0.188 e. The Balaban J connectivity index is 1.68. The first-order valence-electron chi connectivity index (χ1n) is 7.27.